The number of hydrogen-bond donors (Lipinski definition) is 1. The van der Waals surface area contributed by atoms with Crippen LogP contribution in [0.2, 0.25) is 0 Å². The van der Waals surface area contributed by atoms with Crippen LogP contribution in [0.25, 0.3) is 0 Å². The number of carbonyl (C=O) groups excluding carboxylic acids is 3. The van der Waals surface area contributed by atoms with Gasteiger partial charge in [0.2, 0.25) is 5.91 Å². The number of allylic oxidation sites excluding steroid dienone is 2. The highest BCUT2D eigenvalue weighted by Gasteiger charge is 2.28. The van der Waals surface area contributed by atoms with E-state index in [0.29, 0.717) is 24.2 Å². The number of carbonyl (C=O) groups is 3. The number of amides is 1. The molecule has 28 heavy (non-hydrogen) atoms. The zero-order valence-electron chi connectivity index (χ0n) is 16.4. The van der Waals surface area contributed by atoms with Crippen LogP contribution in [-0.2, 0) is 23.9 Å². The number of anilines is 2. The van der Waals surface area contributed by atoms with Crippen LogP contribution in [0.15, 0.2) is 53.9 Å². The first-order valence-electron chi connectivity index (χ1n) is 8.88. The molecule has 1 aliphatic heterocycles. The van der Waals surface area contributed by atoms with Crippen molar-refractivity contribution >= 4 is 29.2 Å². The highest BCUT2D eigenvalue weighted by Crippen LogP contribution is 2.33. The number of methoxy groups -OCH3 is 2. The number of ether oxygens (including phenoxy) is 2. The summed E-state index contributed by atoms with van der Waals surface area (Å²) >= 11 is 0. The molecular weight excluding hydrogens is 360 g/mol. The highest BCUT2D eigenvalue weighted by atomic mass is 16.5. The minimum absolute atomic E-state index is 0.00376. The first kappa shape index (κ1) is 21.0. The molecule has 0 unspecified atom stereocenters. The molecule has 2 rings (SSSR count). The monoisotopic (exact) mass is 384 g/mol. The summed E-state index contributed by atoms with van der Waals surface area (Å²) in [5.74, 6) is -1.51. The minimum Gasteiger partial charge on any atom is -0.465 e. The third-order valence-corrected chi connectivity index (χ3v) is 4.05. The summed E-state index contributed by atoms with van der Waals surface area (Å²) in [6.07, 6.45) is 7.50. The van der Waals surface area contributed by atoms with Gasteiger partial charge in [-0.2, -0.15) is 0 Å². The van der Waals surface area contributed by atoms with Crippen molar-refractivity contribution in [3.8, 4) is 0 Å². The average molecular weight is 384 g/mol. The SMILES string of the molecule is CCCC(=O)Nc1ccc(C)cc1N1C=CC=CC(C(=O)OC)=C1C(=O)OC. The molecule has 0 bridgehead atoms. The van der Waals surface area contributed by atoms with E-state index in [1.54, 1.807) is 24.4 Å². The largest absolute Gasteiger partial charge is 0.465 e. The van der Waals surface area contributed by atoms with E-state index >= 15 is 0 Å². The smallest absolute Gasteiger partial charge is 0.355 e. The zero-order chi connectivity index (χ0) is 20.7. The van der Waals surface area contributed by atoms with Crippen molar-refractivity contribution in [2.75, 3.05) is 24.4 Å². The maximum Gasteiger partial charge on any atom is 0.355 e. The Labute approximate surface area is 164 Å². The number of benzene rings is 1. The summed E-state index contributed by atoms with van der Waals surface area (Å²) in [6, 6.07) is 5.43. The van der Waals surface area contributed by atoms with Crippen LogP contribution in [0.1, 0.15) is 25.3 Å². The number of hydrogen-bond acceptors (Lipinski definition) is 6. The lowest BCUT2D eigenvalue weighted by atomic mass is 10.1. The van der Waals surface area contributed by atoms with Crippen LogP contribution in [0.4, 0.5) is 11.4 Å². The van der Waals surface area contributed by atoms with E-state index in [0.717, 1.165) is 5.56 Å². The lowest BCUT2D eigenvalue weighted by Crippen LogP contribution is -2.28. The predicted octanol–water partition coefficient (Wildman–Crippen LogP) is 3.22. The molecule has 0 aromatic heterocycles. The number of aryl methyl sites for hydroxylation is 1. The van der Waals surface area contributed by atoms with E-state index in [1.165, 1.54) is 25.2 Å². The van der Waals surface area contributed by atoms with E-state index in [9.17, 15) is 14.4 Å². The standard InChI is InChI=1S/C21H24N2O5/c1-5-8-18(24)22-16-11-10-14(2)13-17(16)23-12-7-6-9-15(20(25)27-3)19(23)21(26)28-4/h6-7,9-13H,5,8H2,1-4H3,(H,22,24). The lowest BCUT2D eigenvalue weighted by Gasteiger charge is -2.26. The molecule has 1 aromatic rings. The molecule has 7 nitrogen and oxygen atoms in total. The van der Waals surface area contributed by atoms with Crippen molar-refractivity contribution in [2.45, 2.75) is 26.7 Å². The summed E-state index contributed by atoms with van der Waals surface area (Å²) in [7, 11) is 2.48. The normalized spacial score (nSPS) is 13.2. The Balaban J connectivity index is 2.66. The highest BCUT2D eigenvalue weighted by molar-refractivity contribution is 6.06. The van der Waals surface area contributed by atoms with Gasteiger partial charge in [-0.05, 0) is 43.2 Å². The summed E-state index contributed by atoms with van der Waals surface area (Å²) in [5.41, 5.74) is 2.01. The van der Waals surface area contributed by atoms with E-state index < -0.39 is 11.9 Å². The topological polar surface area (TPSA) is 84.9 Å². The average Bonchev–Trinajstić information content (AvgIpc) is 2.91. The Morgan fingerprint density at radius 3 is 2.43 bits per heavy atom. The second-order valence-electron chi connectivity index (χ2n) is 6.13. The summed E-state index contributed by atoms with van der Waals surface area (Å²) < 4.78 is 9.74. The van der Waals surface area contributed by atoms with Crippen molar-refractivity contribution < 1.29 is 23.9 Å². The zero-order valence-corrected chi connectivity index (χ0v) is 16.4. The molecule has 1 heterocycles. The molecule has 1 aromatic carbocycles. The third-order valence-electron chi connectivity index (χ3n) is 4.05. The fourth-order valence-corrected chi connectivity index (χ4v) is 2.74. The Bertz CT molecular complexity index is 868. The third kappa shape index (κ3) is 4.68. The molecule has 1 aliphatic rings. The second kappa shape index (κ2) is 9.55. The van der Waals surface area contributed by atoms with E-state index in [1.807, 2.05) is 26.0 Å². The molecule has 0 saturated heterocycles. The van der Waals surface area contributed by atoms with Gasteiger partial charge in [0.15, 0.2) is 0 Å². The van der Waals surface area contributed by atoms with Gasteiger partial charge in [-0.1, -0.05) is 19.1 Å². The molecule has 0 fully saturated rings. The van der Waals surface area contributed by atoms with Crippen LogP contribution in [0.5, 0.6) is 0 Å². The molecule has 7 heteroatoms. The quantitative estimate of drug-likeness (QED) is 0.758. The molecule has 0 spiro atoms. The lowest BCUT2D eigenvalue weighted by molar-refractivity contribution is -0.139. The van der Waals surface area contributed by atoms with Gasteiger partial charge in [0.05, 0.1) is 31.2 Å². The van der Waals surface area contributed by atoms with Gasteiger partial charge in [-0.15, -0.1) is 0 Å². The summed E-state index contributed by atoms with van der Waals surface area (Å²) in [6.45, 7) is 3.81. The molecule has 1 amide bonds. The molecule has 148 valence electrons. The second-order valence-corrected chi connectivity index (χ2v) is 6.13. The number of esters is 2. The molecular formula is C21H24N2O5. The molecule has 1 N–H and O–H groups in total. The minimum atomic E-state index is -0.705. The number of nitrogens with one attached hydrogen (secondary N) is 1. The van der Waals surface area contributed by atoms with Gasteiger partial charge in [0.25, 0.3) is 0 Å². The van der Waals surface area contributed by atoms with Crippen molar-refractivity contribution in [1.82, 2.24) is 0 Å². The van der Waals surface area contributed by atoms with Gasteiger partial charge in [-0.25, -0.2) is 9.59 Å². The van der Waals surface area contributed by atoms with Crippen molar-refractivity contribution in [3.63, 3.8) is 0 Å². The van der Waals surface area contributed by atoms with Gasteiger partial charge >= 0.3 is 11.9 Å². The molecule has 0 atom stereocenters. The van der Waals surface area contributed by atoms with Gasteiger partial charge in [0.1, 0.15) is 5.70 Å². The van der Waals surface area contributed by atoms with Crippen molar-refractivity contribution in [1.29, 1.82) is 0 Å². The van der Waals surface area contributed by atoms with E-state index in [-0.39, 0.29) is 17.2 Å². The molecule has 0 aliphatic carbocycles. The number of nitrogens with zero attached hydrogens (tertiary/aromatic N) is 1. The van der Waals surface area contributed by atoms with Gasteiger partial charge in [-0.3, -0.25) is 4.79 Å². The maximum absolute atomic E-state index is 12.6. The van der Waals surface area contributed by atoms with Gasteiger partial charge in [0, 0.05) is 12.6 Å². The predicted molar refractivity (Wildman–Crippen MR) is 107 cm³/mol. The van der Waals surface area contributed by atoms with Crippen molar-refractivity contribution in [2.24, 2.45) is 0 Å². The summed E-state index contributed by atoms with van der Waals surface area (Å²) in [4.78, 5) is 38.5. The summed E-state index contributed by atoms with van der Waals surface area (Å²) in [5, 5.41) is 2.87. The Kier molecular flexibility index (Phi) is 7.14. The molecule has 0 saturated carbocycles. The van der Waals surface area contributed by atoms with Crippen molar-refractivity contribution in [3.05, 3.63) is 59.5 Å². The van der Waals surface area contributed by atoms with Crippen LogP contribution >= 0.6 is 0 Å². The van der Waals surface area contributed by atoms with Crippen LogP contribution in [-0.4, -0.2) is 32.1 Å². The van der Waals surface area contributed by atoms with Crippen LogP contribution in [0, 0.1) is 6.92 Å². The van der Waals surface area contributed by atoms with Gasteiger partial charge < -0.3 is 19.7 Å². The number of rotatable bonds is 6. The van der Waals surface area contributed by atoms with Crippen LogP contribution < -0.4 is 10.2 Å². The molecule has 0 radical (unpaired) electrons. The fourth-order valence-electron chi connectivity index (χ4n) is 2.74. The Morgan fingerprint density at radius 2 is 1.79 bits per heavy atom. The van der Waals surface area contributed by atoms with E-state index in [4.69, 9.17) is 9.47 Å². The fraction of sp³-hybridized carbons (Fsp3) is 0.286. The first-order chi connectivity index (χ1) is 13.4. The van der Waals surface area contributed by atoms with E-state index in [2.05, 4.69) is 5.32 Å². The van der Waals surface area contributed by atoms with Crippen LogP contribution in [0.3, 0.4) is 0 Å². The Hall–Kier alpha value is -3.35. The first-order valence-corrected chi connectivity index (χ1v) is 8.88. The maximum atomic E-state index is 12.6. The Morgan fingerprint density at radius 1 is 1.07 bits per heavy atom.